The highest BCUT2D eigenvalue weighted by Crippen LogP contribution is 2.30. The molecule has 23 heteroatoms. The van der Waals surface area contributed by atoms with Gasteiger partial charge in [-0.05, 0) is 104 Å². The molecule has 5 aromatic rings. The highest BCUT2D eigenvalue weighted by atomic mass is 19.4. The van der Waals surface area contributed by atoms with Crippen molar-refractivity contribution in [1.29, 1.82) is 0 Å². The SMILES string of the molecule is O=C(O)C(F)(F)F.O=C1CCC(Nc2ccc(N3CCN(C(=O)CCC(=O)N4CCN(c5ccc(C(=O)Nc6n[nH]c7ccc(Cc8cc(F)cc(F)c8)cc67)c(NC6CCOCC6)c5)CC4)CC3)cc2)C(=O)N1. The highest BCUT2D eigenvalue weighted by Gasteiger charge is 2.38. The second-order valence-electron chi connectivity index (χ2n) is 18.4. The number of ether oxygens (including phenoxy) is 1. The number of halogens is 5. The number of aliphatic carboxylic acids is 1. The van der Waals surface area contributed by atoms with Gasteiger partial charge in [-0.1, -0.05) is 6.07 Å². The number of carboxylic acids is 1. The van der Waals surface area contributed by atoms with E-state index in [2.05, 4.69) is 41.3 Å². The lowest BCUT2D eigenvalue weighted by Gasteiger charge is -2.37. The van der Waals surface area contributed by atoms with Gasteiger partial charge in [0.2, 0.25) is 23.6 Å². The number of benzene rings is 4. The van der Waals surface area contributed by atoms with Gasteiger partial charge in [-0.3, -0.25) is 34.4 Å². The number of piperidine rings is 1. The zero-order valence-electron chi connectivity index (χ0n) is 40.1. The molecule has 74 heavy (non-hydrogen) atoms. The minimum atomic E-state index is -5.08. The smallest absolute Gasteiger partial charge is 0.475 e. The number of H-pyrrole nitrogens is 1. The van der Waals surface area contributed by atoms with Gasteiger partial charge in [-0.25, -0.2) is 13.6 Å². The zero-order valence-corrected chi connectivity index (χ0v) is 40.1. The number of hydrogen-bond donors (Lipinski definition) is 6. The molecule has 0 aliphatic carbocycles. The minimum absolute atomic E-state index is 0.0342. The molecule has 4 aliphatic heterocycles. The fraction of sp³-hybridized carbons (Fsp3) is 0.392. The molecule has 0 bridgehead atoms. The van der Waals surface area contributed by atoms with Gasteiger partial charge in [0, 0.05) is 125 Å². The fourth-order valence-electron chi connectivity index (χ4n) is 9.26. The first-order chi connectivity index (χ1) is 35.4. The molecule has 1 unspecified atom stereocenters. The lowest BCUT2D eigenvalue weighted by atomic mass is 10.0. The first-order valence-corrected chi connectivity index (χ1v) is 24.2. The molecule has 0 saturated carbocycles. The van der Waals surface area contributed by atoms with Crippen molar-refractivity contribution in [2.45, 2.75) is 63.2 Å². The van der Waals surface area contributed by atoms with Gasteiger partial charge < -0.3 is 45.4 Å². The minimum Gasteiger partial charge on any atom is -0.475 e. The van der Waals surface area contributed by atoms with E-state index in [9.17, 15) is 45.9 Å². The largest absolute Gasteiger partial charge is 0.490 e. The van der Waals surface area contributed by atoms with Gasteiger partial charge >= 0.3 is 12.1 Å². The molecule has 18 nitrogen and oxygen atoms in total. The number of piperazine rings is 2. The van der Waals surface area contributed by atoms with Crippen LogP contribution in [0.4, 0.5) is 50.5 Å². The van der Waals surface area contributed by atoms with E-state index in [4.69, 9.17) is 14.6 Å². The fourth-order valence-corrected chi connectivity index (χ4v) is 9.26. The van der Waals surface area contributed by atoms with Crippen molar-refractivity contribution in [2.24, 2.45) is 0 Å². The van der Waals surface area contributed by atoms with Gasteiger partial charge in [0.25, 0.3) is 5.91 Å². The molecular weight excluding hydrogens is 976 g/mol. The quantitative estimate of drug-likeness (QED) is 0.0598. The Kier molecular flexibility index (Phi) is 16.6. The van der Waals surface area contributed by atoms with Crippen LogP contribution in [0.5, 0.6) is 0 Å². The third-order valence-electron chi connectivity index (χ3n) is 13.3. The van der Waals surface area contributed by atoms with Gasteiger partial charge in [0.1, 0.15) is 17.7 Å². The number of carbonyl (C=O) groups is 6. The number of anilines is 5. The van der Waals surface area contributed by atoms with Crippen molar-refractivity contribution in [3.63, 3.8) is 0 Å². The van der Waals surface area contributed by atoms with Crippen LogP contribution >= 0.6 is 0 Å². The Morgan fingerprint density at radius 3 is 1.91 bits per heavy atom. The second-order valence-corrected chi connectivity index (χ2v) is 18.4. The Bertz CT molecular complexity index is 2840. The molecule has 5 amide bonds. The summed E-state index contributed by atoms with van der Waals surface area (Å²) < 4.78 is 65.1. The number of aromatic amines is 1. The van der Waals surface area contributed by atoms with E-state index in [1.54, 1.807) is 6.07 Å². The van der Waals surface area contributed by atoms with E-state index in [1.165, 1.54) is 12.1 Å². The standard InChI is InChI=1S/C49H54F2N10O6.C2HF3O2/c50-33-26-32(27-34(51)29-33)25-31-1-8-41-40(28-31)47(57-56-41)55-48(65)39-7-6-38(30-43(39)53-36-13-23-67-24-14-36)59-17-21-61(22-18-59)46(64)12-11-45(63)60-19-15-58(16-20-60)37-4-2-35(3-5-37)52-42-9-10-44(62)54-49(42)66;3-2(4,5)1(6)7/h1-8,26-30,36,42,52-53H,9-25H2,(H,54,62,66)(H2,55,56,57,65);(H,6,7). The Labute approximate surface area is 421 Å². The number of alkyl halides is 3. The van der Waals surface area contributed by atoms with Crippen molar-refractivity contribution in [3.05, 3.63) is 107 Å². The Balaban J connectivity index is 0.000000972. The number of nitrogens with one attached hydrogen (secondary N) is 5. The maximum Gasteiger partial charge on any atom is 0.490 e. The number of fused-ring (bicyclic) bond motifs is 1. The molecule has 5 heterocycles. The normalized spacial score (nSPS) is 17.6. The molecular formula is C51H55F5N10O8. The molecule has 1 aromatic heterocycles. The molecule has 9 rings (SSSR count). The van der Waals surface area contributed by atoms with E-state index in [0.717, 1.165) is 41.5 Å². The number of amides is 5. The predicted molar refractivity (Wildman–Crippen MR) is 264 cm³/mol. The summed E-state index contributed by atoms with van der Waals surface area (Å²) in [6.45, 7) is 5.83. The summed E-state index contributed by atoms with van der Waals surface area (Å²) in [4.78, 5) is 81.2. The number of carbonyl (C=O) groups excluding carboxylic acids is 5. The van der Waals surface area contributed by atoms with E-state index < -0.39 is 29.8 Å². The van der Waals surface area contributed by atoms with Crippen LogP contribution in [0.1, 0.15) is 60.0 Å². The first-order valence-electron chi connectivity index (χ1n) is 24.2. The lowest BCUT2D eigenvalue weighted by Crippen LogP contribution is -2.50. The zero-order chi connectivity index (χ0) is 52.5. The summed E-state index contributed by atoms with van der Waals surface area (Å²) in [5.41, 5.74) is 5.81. The summed E-state index contributed by atoms with van der Waals surface area (Å²) in [7, 11) is 0. The average Bonchev–Trinajstić information content (AvgIpc) is 3.78. The van der Waals surface area contributed by atoms with Crippen LogP contribution in [0.3, 0.4) is 0 Å². The third-order valence-corrected chi connectivity index (χ3v) is 13.3. The average molecular weight is 1030 g/mol. The molecule has 4 saturated heterocycles. The molecule has 0 spiro atoms. The molecule has 4 aliphatic rings. The van der Waals surface area contributed by atoms with Crippen molar-refractivity contribution in [1.82, 2.24) is 25.3 Å². The Morgan fingerprint density at radius 1 is 0.716 bits per heavy atom. The number of carboxylic acid groups (broad SMARTS) is 1. The molecule has 4 fully saturated rings. The second kappa shape index (κ2) is 23.4. The van der Waals surface area contributed by atoms with Crippen LogP contribution in [0, 0.1) is 11.6 Å². The maximum atomic E-state index is 14.0. The number of rotatable bonds is 13. The maximum absolute atomic E-state index is 14.0. The van der Waals surface area contributed by atoms with Crippen molar-refractivity contribution >= 4 is 75.0 Å². The summed E-state index contributed by atoms with van der Waals surface area (Å²) in [6, 6.07) is 22.1. The highest BCUT2D eigenvalue weighted by molar-refractivity contribution is 6.11. The van der Waals surface area contributed by atoms with Crippen molar-refractivity contribution < 1.29 is 60.6 Å². The summed E-state index contributed by atoms with van der Waals surface area (Å²) in [6.07, 6.45) is -2.16. The molecule has 392 valence electrons. The van der Waals surface area contributed by atoms with Gasteiger partial charge in [-0.2, -0.15) is 18.3 Å². The molecule has 4 aromatic carbocycles. The van der Waals surface area contributed by atoms with Crippen LogP contribution in [-0.4, -0.2) is 144 Å². The number of imide groups is 1. The van der Waals surface area contributed by atoms with Crippen molar-refractivity contribution in [3.8, 4) is 0 Å². The van der Waals surface area contributed by atoms with E-state index in [-0.39, 0.29) is 48.4 Å². The Morgan fingerprint density at radius 2 is 1.31 bits per heavy atom. The van der Waals surface area contributed by atoms with Crippen LogP contribution in [0.2, 0.25) is 0 Å². The molecule has 0 radical (unpaired) electrons. The number of aromatic nitrogens is 2. The summed E-state index contributed by atoms with van der Waals surface area (Å²) >= 11 is 0. The van der Waals surface area contributed by atoms with E-state index in [1.807, 2.05) is 64.4 Å². The van der Waals surface area contributed by atoms with Gasteiger partial charge in [0.05, 0.1) is 11.1 Å². The van der Waals surface area contributed by atoms with Crippen molar-refractivity contribution in [2.75, 3.05) is 91.3 Å². The third kappa shape index (κ3) is 13.6. The first kappa shape index (κ1) is 52.5. The van der Waals surface area contributed by atoms with Crippen LogP contribution in [0.15, 0.2) is 78.9 Å². The van der Waals surface area contributed by atoms with E-state index in [0.29, 0.717) is 118 Å². The molecule has 1 atom stereocenters. The lowest BCUT2D eigenvalue weighted by molar-refractivity contribution is -0.192. The van der Waals surface area contributed by atoms with Crippen LogP contribution in [0.25, 0.3) is 10.9 Å². The molecule has 6 N–H and O–H groups in total. The summed E-state index contributed by atoms with van der Waals surface area (Å²) in [5.74, 6) is -4.71. The van der Waals surface area contributed by atoms with Gasteiger partial charge in [-0.15, -0.1) is 0 Å². The van der Waals surface area contributed by atoms with Gasteiger partial charge in [0.15, 0.2) is 5.82 Å². The Hall–Kier alpha value is -7.82. The van der Waals surface area contributed by atoms with Crippen LogP contribution in [-0.2, 0) is 35.1 Å². The van der Waals surface area contributed by atoms with Crippen LogP contribution < -0.4 is 31.1 Å². The topological polar surface area (TPSA) is 222 Å². The monoisotopic (exact) mass is 1030 g/mol. The summed E-state index contributed by atoms with van der Waals surface area (Å²) in [5, 5.41) is 27.3. The van der Waals surface area contributed by atoms with E-state index >= 15 is 0 Å². The predicted octanol–water partition coefficient (Wildman–Crippen LogP) is 5.90. The number of nitrogens with zero attached hydrogens (tertiary/aromatic N) is 5. The number of hydrogen-bond acceptors (Lipinski definition) is 12.